The Balaban J connectivity index is 3.82. The van der Waals surface area contributed by atoms with Gasteiger partial charge in [0.2, 0.25) is 5.91 Å². The van der Waals surface area contributed by atoms with Gasteiger partial charge in [-0.2, -0.15) is 0 Å². The molecule has 4 atom stereocenters. The van der Waals surface area contributed by atoms with Crippen molar-refractivity contribution in [2.45, 2.75) is 257 Å². The second-order valence-corrected chi connectivity index (χ2v) is 16.8. The van der Waals surface area contributed by atoms with Crippen molar-refractivity contribution in [1.82, 2.24) is 5.32 Å². The van der Waals surface area contributed by atoms with Crippen molar-refractivity contribution >= 4 is 5.91 Å². The van der Waals surface area contributed by atoms with Crippen LogP contribution in [0.3, 0.4) is 0 Å². The number of carbonyl (C=O) groups excluding carboxylic acids is 1. The molecule has 58 heavy (non-hydrogen) atoms. The van der Waals surface area contributed by atoms with E-state index in [1.807, 2.05) is 0 Å². The number of hydrogen-bond donors (Lipinski definition) is 5. The third-order valence-corrected chi connectivity index (χ3v) is 11.2. The van der Waals surface area contributed by atoms with Crippen molar-refractivity contribution in [2.75, 3.05) is 6.61 Å². The van der Waals surface area contributed by atoms with Crippen molar-refractivity contribution in [3.63, 3.8) is 0 Å². The fourth-order valence-corrected chi connectivity index (χ4v) is 7.23. The van der Waals surface area contributed by atoms with E-state index in [1.165, 1.54) is 128 Å². The topological polar surface area (TPSA) is 110 Å². The number of nitrogens with one attached hydrogen (secondary N) is 1. The van der Waals surface area contributed by atoms with Gasteiger partial charge in [0.1, 0.15) is 12.2 Å². The zero-order valence-electron chi connectivity index (χ0n) is 38.0. The van der Waals surface area contributed by atoms with E-state index < -0.39 is 36.9 Å². The minimum atomic E-state index is -1.30. The van der Waals surface area contributed by atoms with Crippen molar-refractivity contribution in [1.29, 1.82) is 0 Å². The van der Waals surface area contributed by atoms with Crippen LogP contribution >= 0.6 is 0 Å². The molecule has 0 fully saturated rings. The number of allylic oxidation sites excluding steroid dienone is 10. The highest BCUT2D eigenvalue weighted by Crippen LogP contribution is 2.14. The van der Waals surface area contributed by atoms with E-state index in [2.05, 4.69) is 79.9 Å². The summed E-state index contributed by atoms with van der Waals surface area (Å²) in [4.78, 5) is 12.5. The summed E-state index contributed by atoms with van der Waals surface area (Å²) in [6.45, 7) is 4.03. The van der Waals surface area contributed by atoms with Crippen LogP contribution in [0.15, 0.2) is 60.8 Å². The van der Waals surface area contributed by atoms with Crippen molar-refractivity contribution in [3.8, 4) is 0 Å². The number of amides is 1. The lowest BCUT2D eigenvalue weighted by atomic mass is 10.00. The molecule has 0 bridgehead atoms. The average Bonchev–Trinajstić information content (AvgIpc) is 3.23. The van der Waals surface area contributed by atoms with Gasteiger partial charge < -0.3 is 25.7 Å². The van der Waals surface area contributed by atoms with Crippen LogP contribution in [0, 0.1) is 0 Å². The van der Waals surface area contributed by atoms with Crippen LogP contribution in [-0.2, 0) is 4.79 Å². The van der Waals surface area contributed by atoms with Crippen LogP contribution in [0.4, 0.5) is 0 Å². The summed E-state index contributed by atoms with van der Waals surface area (Å²) in [6, 6.07) is -1.02. The molecule has 0 heterocycles. The van der Waals surface area contributed by atoms with Gasteiger partial charge in [-0.1, -0.05) is 197 Å². The van der Waals surface area contributed by atoms with E-state index in [0.717, 1.165) is 70.6 Å². The largest absolute Gasteiger partial charge is 0.394 e. The molecule has 0 spiro atoms. The molecule has 6 heteroatoms. The van der Waals surface area contributed by atoms with Gasteiger partial charge in [0.05, 0.1) is 18.8 Å². The molecule has 0 aromatic carbocycles. The lowest BCUT2D eigenvalue weighted by molar-refractivity contribution is -0.132. The second kappa shape index (κ2) is 46.1. The summed E-state index contributed by atoms with van der Waals surface area (Å²) in [5, 5.41) is 43.8. The molecule has 0 aromatic heterocycles. The molecule has 1 amide bonds. The van der Waals surface area contributed by atoms with Crippen LogP contribution in [0.1, 0.15) is 232 Å². The first-order valence-corrected chi connectivity index (χ1v) is 24.7. The highest BCUT2D eigenvalue weighted by Gasteiger charge is 2.28. The number of aliphatic hydroxyl groups excluding tert-OH is 4. The SMILES string of the molecule is CCCCCCCCC/C=C/CC/C=C/CC/C=C/CCCC(O)C(O)C(CO)NC(=O)C(O)CCCCCCCC/C=C\C/C=C\CCCCCCCCCCC. The van der Waals surface area contributed by atoms with Gasteiger partial charge in [-0.3, -0.25) is 4.79 Å². The lowest BCUT2D eigenvalue weighted by Crippen LogP contribution is -2.53. The average molecular weight is 814 g/mol. The Hall–Kier alpha value is -1.99. The van der Waals surface area contributed by atoms with Gasteiger partial charge in [-0.05, 0) is 96.3 Å². The van der Waals surface area contributed by atoms with E-state index in [-0.39, 0.29) is 0 Å². The Morgan fingerprint density at radius 2 is 0.776 bits per heavy atom. The molecule has 0 aromatic rings. The Kier molecular flexibility index (Phi) is 44.5. The van der Waals surface area contributed by atoms with Gasteiger partial charge in [-0.15, -0.1) is 0 Å². The minimum absolute atomic E-state index is 0.344. The lowest BCUT2D eigenvalue weighted by Gasteiger charge is -2.27. The summed E-state index contributed by atoms with van der Waals surface area (Å²) >= 11 is 0. The molecule has 5 N–H and O–H groups in total. The van der Waals surface area contributed by atoms with E-state index >= 15 is 0 Å². The van der Waals surface area contributed by atoms with Gasteiger partial charge in [0, 0.05) is 0 Å². The smallest absolute Gasteiger partial charge is 0.249 e. The van der Waals surface area contributed by atoms with Crippen molar-refractivity contribution in [3.05, 3.63) is 60.8 Å². The Morgan fingerprint density at radius 3 is 1.19 bits per heavy atom. The normalized spacial score (nSPS) is 14.5. The fraction of sp³-hybridized carbons (Fsp3) is 0.788. The van der Waals surface area contributed by atoms with E-state index in [1.54, 1.807) is 0 Å². The first kappa shape index (κ1) is 56.0. The number of hydrogen-bond acceptors (Lipinski definition) is 5. The summed E-state index contributed by atoms with van der Waals surface area (Å²) < 4.78 is 0. The van der Waals surface area contributed by atoms with E-state index in [0.29, 0.717) is 19.3 Å². The Labute approximate surface area is 359 Å². The molecule has 0 aliphatic heterocycles. The molecule has 0 rings (SSSR count). The molecular formula is C52H95NO5. The molecular weight excluding hydrogens is 719 g/mol. The van der Waals surface area contributed by atoms with Crippen LogP contribution in [0.5, 0.6) is 0 Å². The first-order chi connectivity index (χ1) is 28.5. The highest BCUT2D eigenvalue weighted by atomic mass is 16.3. The minimum Gasteiger partial charge on any atom is -0.394 e. The van der Waals surface area contributed by atoms with Crippen LogP contribution < -0.4 is 5.32 Å². The first-order valence-electron chi connectivity index (χ1n) is 24.7. The van der Waals surface area contributed by atoms with E-state index in [9.17, 15) is 25.2 Å². The maximum Gasteiger partial charge on any atom is 0.249 e. The standard InChI is InChI=1S/C52H95NO5/c1-3-5-7-9-11-13-15-17-19-21-23-25-26-28-30-32-34-36-38-40-42-44-46-50(56)52(58)53-48(47-54)51(57)49(55)45-43-41-39-37-35-33-31-29-27-24-22-20-18-16-14-12-10-8-6-4-2/h20,22-23,25,28-31,37,39,48-51,54-57H,3-19,21,24,26-27,32-36,38,40-47H2,1-2H3,(H,53,58)/b22-20+,25-23-,30-28-,31-29+,39-37+. The molecule has 6 nitrogen and oxygen atoms in total. The number of rotatable bonds is 44. The highest BCUT2D eigenvalue weighted by molar-refractivity contribution is 5.80. The molecule has 338 valence electrons. The summed E-state index contributed by atoms with van der Waals surface area (Å²) in [5.74, 6) is -0.609. The van der Waals surface area contributed by atoms with Crippen LogP contribution in [0.25, 0.3) is 0 Å². The number of aliphatic hydroxyl groups is 4. The maximum atomic E-state index is 12.5. The fourth-order valence-electron chi connectivity index (χ4n) is 7.23. The summed E-state index contributed by atoms with van der Waals surface area (Å²) in [6.07, 6.45) is 58.3. The zero-order valence-corrected chi connectivity index (χ0v) is 38.0. The number of unbranched alkanes of at least 4 members (excludes halogenated alkanes) is 25. The molecule has 0 saturated carbocycles. The second-order valence-electron chi connectivity index (χ2n) is 16.8. The van der Waals surface area contributed by atoms with Crippen LogP contribution in [-0.4, -0.2) is 57.3 Å². The van der Waals surface area contributed by atoms with Crippen LogP contribution in [0.2, 0.25) is 0 Å². The molecule has 0 aliphatic rings. The Bertz CT molecular complexity index is 1000. The molecule has 0 radical (unpaired) electrons. The summed E-state index contributed by atoms with van der Waals surface area (Å²) in [7, 11) is 0. The maximum absolute atomic E-state index is 12.5. The predicted octanol–water partition coefficient (Wildman–Crippen LogP) is 13.6. The van der Waals surface area contributed by atoms with Crippen molar-refractivity contribution in [2.24, 2.45) is 0 Å². The molecule has 4 unspecified atom stereocenters. The van der Waals surface area contributed by atoms with Gasteiger partial charge in [0.25, 0.3) is 0 Å². The van der Waals surface area contributed by atoms with E-state index in [4.69, 9.17) is 0 Å². The van der Waals surface area contributed by atoms with Gasteiger partial charge in [0.15, 0.2) is 0 Å². The summed E-state index contributed by atoms with van der Waals surface area (Å²) in [5.41, 5.74) is 0. The quantitative estimate of drug-likeness (QED) is 0.0311. The van der Waals surface area contributed by atoms with Crippen molar-refractivity contribution < 1.29 is 25.2 Å². The predicted molar refractivity (Wildman–Crippen MR) is 251 cm³/mol. The van der Waals surface area contributed by atoms with Gasteiger partial charge in [-0.25, -0.2) is 0 Å². The molecule has 0 aliphatic carbocycles. The molecule has 0 saturated heterocycles. The number of carbonyl (C=O) groups is 1. The zero-order chi connectivity index (χ0) is 42.4. The Morgan fingerprint density at radius 1 is 0.431 bits per heavy atom. The van der Waals surface area contributed by atoms with Gasteiger partial charge >= 0.3 is 0 Å². The third kappa shape index (κ3) is 39.5. The monoisotopic (exact) mass is 814 g/mol. The third-order valence-electron chi connectivity index (χ3n) is 11.2.